The Balaban J connectivity index is 1.37. The number of nitrogens with zero attached hydrogens (tertiary/aromatic N) is 3. The van der Waals surface area contributed by atoms with Gasteiger partial charge >= 0.3 is 0 Å². The average Bonchev–Trinajstić information content (AvgIpc) is 3.12. The van der Waals surface area contributed by atoms with E-state index < -0.39 is 15.1 Å². The zero-order chi connectivity index (χ0) is 21.0. The first-order valence-corrected chi connectivity index (χ1v) is 12.1. The van der Waals surface area contributed by atoms with E-state index in [-0.39, 0.29) is 17.9 Å². The van der Waals surface area contributed by atoms with Crippen molar-refractivity contribution < 1.29 is 13.2 Å². The van der Waals surface area contributed by atoms with Gasteiger partial charge < -0.3 is 10.6 Å². The quantitative estimate of drug-likeness (QED) is 0.760. The number of carbonyl (C=O) groups excluding carboxylic acids is 1. The van der Waals surface area contributed by atoms with Crippen molar-refractivity contribution in [2.75, 3.05) is 13.1 Å². The number of carbonyl (C=O) groups is 1. The largest absolute Gasteiger partial charge is 0.337 e. The van der Waals surface area contributed by atoms with Crippen LogP contribution in [0.5, 0.6) is 0 Å². The highest BCUT2D eigenvalue weighted by atomic mass is 32.2. The summed E-state index contributed by atoms with van der Waals surface area (Å²) >= 11 is 0. The van der Waals surface area contributed by atoms with Gasteiger partial charge in [-0.15, -0.1) is 0 Å². The van der Waals surface area contributed by atoms with Gasteiger partial charge in [0.15, 0.2) is 15.5 Å². The first kappa shape index (κ1) is 19.7. The summed E-state index contributed by atoms with van der Waals surface area (Å²) in [6.07, 6.45) is 3.56. The van der Waals surface area contributed by atoms with E-state index in [0.29, 0.717) is 54.3 Å². The van der Waals surface area contributed by atoms with E-state index in [1.165, 1.54) is 6.20 Å². The van der Waals surface area contributed by atoms with Crippen molar-refractivity contribution in [1.82, 2.24) is 20.3 Å². The van der Waals surface area contributed by atoms with E-state index >= 15 is 0 Å². The monoisotopic (exact) mass is 429 g/mol. The number of sulfone groups is 1. The molecule has 1 aliphatic heterocycles. The van der Waals surface area contributed by atoms with Crippen LogP contribution in [0.25, 0.3) is 0 Å². The minimum absolute atomic E-state index is 0.117. The lowest BCUT2D eigenvalue weighted by Crippen LogP contribution is -2.42. The lowest BCUT2D eigenvalue weighted by Gasteiger charge is -2.31. The molecule has 9 heteroatoms. The van der Waals surface area contributed by atoms with Crippen LogP contribution in [0.4, 0.5) is 0 Å². The van der Waals surface area contributed by atoms with Crippen molar-refractivity contribution in [3.05, 3.63) is 41.7 Å². The summed E-state index contributed by atoms with van der Waals surface area (Å²) in [7, 11) is -3.43. The maximum absolute atomic E-state index is 13.4. The van der Waals surface area contributed by atoms with Crippen LogP contribution in [-0.4, -0.2) is 59.0 Å². The molecule has 2 aliphatic carbocycles. The molecule has 1 saturated heterocycles. The van der Waals surface area contributed by atoms with Crippen LogP contribution >= 0.6 is 0 Å². The first-order valence-electron chi connectivity index (χ1n) is 10.6. The van der Waals surface area contributed by atoms with Gasteiger partial charge in [-0.05, 0) is 62.0 Å². The number of aromatic nitrogens is 3. The summed E-state index contributed by atoms with van der Waals surface area (Å²) in [5, 5.41) is 9.66. The summed E-state index contributed by atoms with van der Waals surface area (Å²) in [6, 6.07) is 6.84. The molecule has 8 nitrogen and oxygen atoms in total. The summed E-state index contributed by atoms with van der Waals surface area (Å²) in [4.78, 5) is 15.0. The number of aryl methyl sites for hydroxylation is 1. The molecule has 6 atom stereocenters. The second kappa shape index (κ2) is 7.16. The van der Waals surface area contributed by atoms with Gasteiger partial charge in [-0.25, -0.2) is 8.42 Å². The molecule has 2 saturated carbocycles. The Bertz CT molecular complexity index is 1040. The van der Waals surface area contributed by atoms with Gasteiger partial charge in [0.05, 0.1) is 16.3 Å². The normalized spacial score (nSPS) is 33.3. The molecular formula is C21H27N5O3S. The predicted molar refractivity (Wildman–Crippen MR) is 110 cm³/mol. The standard InChI is InChI=1S/C21H27N5O3S/c1-12-2-4-14(5-3-12)30(28,29)15-6-13-7-16(13)17-10-26(11-18(17)19(22)8-15)21(27)20-9-23-25-24-20/h2-5,9,13,15-19H,6-8,10-11,22H2,1H3,(H,23,24,25)/t13-,15?,16-,17+,18+,19+/m0/s1. The fourth-order valence-corrected chi connectivity index (χ4v) is 7.42. The SMILES string of the molecule is Cc1ccc(S(=O)(=O)C2C[C@H]3C[C@@H]3[C@H]3CN(C(=O)c4cn[nH]n4)C[C@H]3[C@H](N)C2)cc1. The van der Waals surface area contributed by atoms with Crippen LogP contribution in [0.15, 0.2) is 35.4 Å². The molecule has 5 rings (SSSR count). The van der Waals surface area contributed by atoms with Crippen LogP contribution in [0, 0.1) is 30.6 Å². The number of fused-ring (bicyclic) bond motifs is 3. The van der Waals surface area contributed by atoms with Crippen molar-refractivity contribution in [2.24, 2.45) is 29.4 Å². The van der Waals surface area contributed by atoms with Crippen LogP contribution in [0.1, 0.15) is 35.3 Å². The molecule has 2 heterocycles. The highest BCUT2D eigenvalue weighted by molar-refractivity contribution is 7.92. The second-order valence-electron chi connectivity index (χ2n) is 9.17. The number of amides is 1. The molecule has 1 amide bonds. The minimum Gasteiger partial charge on any atom is -0.337 e. The highest BCUT2D eigenvalue weighted by Gasteiger charge is 2.54. The molecule has 160 valence electrons. The third-order valence-corrected chi connectivity index (χ3v) is 9.49. The van der Waals surface area contributed by atoms with Crippen molar-refractivity contribution in [2.45, 2.75) is 42.4 Å². The van der Waals surface area contributed by atoms with Gasteiger partial charge in [-0.1, -0.05) is 17.7 Å². The third-order valence-electron chi connectivity index (χ3n) is 7.30. The topological polar surface area (TPSA) is 122 Å². The Hall–Kier alpha value is -2.26. The van der Waals surface area contributed by atoms with Gasteiger partial charge in [0.25, 0.3) is 5.91 Å². The van der Waals surface area contributed by atoms with Gasteiger partial charge in [-0.2, -0.15) is 15.4 Å². The summed E-state index contributed by atoms with van der Waals surface area (Å²) in [5.74, 6) is 1.17. The Morgan fingerprint density at radius 1 is 1.10 bits per heavy atom. The average molecular weight is 430 g/mol. The molecule has 1 aromatic heterocycles. The third kappa shape index (κ3) is 3.33. The molecule has 3 N–H and O–H groups in total. The zero-order valence-corrected chi connectivity index (χ0v) is 17.8. The molecule has 0 spiro atoms. The molecule has 2 aromatic rings. The Morgan fingerprint density at radius 2 is 1.83 bits per heavy atom. The Kier molecular flexibility index (Phi) is 4.70. The van der Waals surface area contributed by atoms with Crippen LogP contribution in [0.2, 0.25) is 0 Å². The fraction of sp³-hybridized carbons (Fsp3) is 0.571. The lowest BCUT2D eigenvalue weighted by atomic mass is 9.80. The van der Waals surface area contributed by atoms with Gasteiger partial charge in [0, 0.05) is 19.1 Å². The van der Waals surface area contributed by atoms with E-state index in [0.717, 1.165) is 12.0 Å². The summed E-state index contributed by atoms with van der Waals surface area (Å²) < 4.78 is 26.7. The van der Waals surface area contributed by atoms with E-state index in [9.17, 15) is 13.2 Å². The molecule has 3 fully saturated rings. The number of likely N-dealkylation sites (tertiary alicyclic amines) is 1. The number of benzene rings is 1. The van der Waals surface area contributed by atoms with Crippen LogP contribution < -0.4 is 5.73 Å². The van der Waals surface area contributed by atoms with Crippen molar-refractivity contribution in [3.8, 4) is 0 Å². The lowest BCUT2D eigenvalue weighted by molar-refractivity contribution is 0.0776. The zero-order valence-electron chi connectivity index (χ0n) is 16.9. The van der Waals surface area contributed by atoms with Gasteiger partial charge in [-0.3, -0.25) is 4.79 Å². The fourth-order valence-electron chi connectivity index (χ4n) is 5.54. The Labute approximate surface area is 176 Å². The Morgan fingerprint density at radius 3 is 2.53 bits per heavy atom. The minimum atomic E-state index is -3.43. The number of hydrogen-bond acceptors (Lipinski definition) is 6. The number of nitrogens with one attached hydrogen (secondary N) is 1. The number of aromatic amines is 1. The number of rotatable bonds is 3. The summed E-state index contributed by atoms with van der Waals surface area (Å²) in [5.41, 5.74) is 7.95. The molecule has 1 aromatic carbocycles. The van der Waals surface area contributed by atoms with Crippen molar-refractivity contribution >= 4 is 15.7 Å². The molecule has 0 radical (unpaired) electrons. The molecule has 1 unspecified atom stereocenters. The van der Waals surface area contributed by atoms with Crippen molar-refractivity contribution in [3.63, 3.8) is 0 Å². The van der Waals surface area contributed by atoms with E-state index in [2.05, 4.69) is 15.4 Å². The summed E-state index contributed by atoms with van der Waals surface area (Å²) in [6.45, 7) is 3.17. The van der Waals surface area contributed by atoms with E-state index in [4.69, 9.17) is 5.73 Å². The van der Waals surface area contributed by atoms with Crippen LogP contribution in [0.3, 0.4) is 0 Å². The molecule has 3 aliphatic rings. The van der Waals surface area contributed by atoms with Gasteiger partial charge in [0.2, 0.25) is 0 Å². The second-order valence-corrected chi connectivity index (χ2v) is 11.4. The van der Waals surface area contributed by atoms with Gasteiger partial charge in [0.1, 0.15) is 0 Å². The van der Waals surface area contributed by atoms with E-state index in [1.807, 2.05) is 24.0 Å². The number of nitrogens with two attached hydrogens (primary N) is 1. The molecular weight excluding hydrogens is 402 g/mol. The maximum Gasteiger partial charge on any atom is 0.276 e. The number of hydrogen-bond donors (Lipinski definition) is 2. The van der Waals surface area contributed by atoms with Crippen molar-refractivity contribution in [1.29, 1.82) is 0 Å². The highest BCUT2D eigenvalue weighted by Crippen LogP contribution is 2.55. The molecule has 0 bridgehead atoms. The first-order chi connectivity index (χ1) is 14.3. The predicted octanol–water partition coefficient (Wildman–Crippen LogP) is 1.40. The smallest absolute Gasteiger partial charge is 0.276 e. The van der Waals surface area contributed by atoms with E-state index in [1.54, 1.807) is 12.1 Å². The molecule has 30 heavy (non-hydrogen) atoms. The number of H-pyrrole nitrogens is 1. The van der Waals surface area contributed by atoms with Crippen LogP contribution in [-0.2, 0) is 9.84 Å². The maximum atomic E-state index is 13.4.